The maximum Gasteiger partial charge on any atom is 0.154 e. The average Bonchev–Trinajstić information content (AvgIpc) is 2.27. The molecule has 0 amide bonds. The third-order valence-electron chi connectivity index (χ3n) is 2.29. The van der Waals surface area contributed by atoms with Crippen LogP contribution in [0.5, 0.6) is 0 Å². The summed E-state index contributed by atoms with van der Waals surface area (Å²) in [5.74, 6) is 0.453. The lowest BCUT2D eigenvalue weighted by Crippen LogP contribution is -2.26. The van der Waals surface area contributed by atoms with E-state index in [2.05, 4.69) is 39.7 Å². The van der Waals surface area contributed by atoms with Crippen molar-refractivity contribution < 1.29 is 0 Å². The van der Waals surface area contributed by atoms with E-state index < -0.39 is 0 Å². The molecule has 0 N–H and O–H groups in total. The van der Waals surface area contributed by atoms with Gasteiger partial charge in [0.15, 0.2) is 5.15 Å². The second-order valence-electron chi connectivity index (χ2n) is 5.04. The van der Waals surface area contributed by atoms with Gasteiger partial charge in [-0.3, -0.25) is 4.68 Å². The van der Waals surface area contributed by atoms with Gasteiger partial charge in [0.05, 0.1) is 5.54 Å². The number of hydrogen-bond acceptors (Lipinski definition) is 1. The van der Waals surface area contributed by atoms with E-state index in [1.165, 1.54) is 5.69 Å². The maximum atomic E-state index is 6.05. The molecule has 2 nitrogen and oxygen atoms in total. The molecule has 1 aromatic heterocycles. The summed E-state index contributed by atoms with van der Waals surface area (Å²) in [7, 11) is 0. The predicted octanol–water partition coefficient (Wildman–Crippen LogP) is 3.72. The first kappa shape index (κ1) is 11.6. The largest absolute Gasteiger partial charge is 0.262 e. The average molecular weight is 215 g/mol. The maximum absolute atomic E-state index is 6.05. The van der Waals surface area contributed by atoms with E-state index in [1.807, 2.05) is 11.6 Å². The molecule has 0 aliphatic rings. The number of nitrogens with zero attached hydrogens (tertiary/aromatic N) is 2. The summed E-state index contributed by atoms with van der Waals surface area (Å²) >= 11 is 6.05. The SMILES string of the molecule is Cc1c(Cl)nn(C(C)(C)C)c1C(C)C. The summed E-state index contributed by atoms with van der Waals surface area (Å²) in [6.07, 6.45) is 0. The van der Waals surface area contributed by atoms with Crippen LogP contribution in [0.2, 0.25) is 5.15 Å². The second kappa shape index (κ2) is 3.58. The summed E-state index contributed by atoms with van der Waals surface area (Å²) in [6, 6.07) is 0. The fourth-order valence-electron chi connectivity index (χ4n) is 1.67. The van der Waals surface area contributed by atoms with Crippen molar-refractivity contribution >= 4 is 11.6 Å². The van der Waals surface area contributed by atoms with Crippen LogP contribution in [0.15, 0.2) is 0 Å². The van der Waals surface area contributed by atoms with E-state index in [-0.39, 0.29) is 5.54 Å². The topological polar surface area (TPSA) is 17.8 Å². The van der Waals surface area contributed by atoms with Crippen LogP contribution in [0.3, 0.4) is 0 Å². The van der Waals surface area contributed by atoms with Crippen molar-refractivity contribution in [1.29, 1.82) is 0 Å². The normalized spacial score (nSPS) is 12.6. The molecule has 0 unspecified atom stereocenters. The smallest absolute Gasteiger partial charge is 0.154 e. The highest BCUT2D eigenvalue weighted by atomic mass is 35.5. The van der Waals surface area contributed by atoms with Crippen LogP contribution in [-0.2, 0) is 5.54 Å². The zero-order valence-electron chi connectivity index (χ0n) is 9.85. The molecule has 80 valence electrons. The zero-order valence-corrected chi connectivity index (χ0v) is 10.6. The number of aromatic nitrogens is 2. The molecule has 0 bridgehead atoms. The molecule has 1 aromatic rings. The van der Waals surface area contributed by atoms with Crippen LogP contribution in [0.4, 0.5) is 0 Å². The molecule has 14 heavy (non-hydrogen) atoms. The zero-order chi connectivity index (χ0) is 11.1. The van der Waals surface area contributed by atoms with Crippen molar-refractivity contribution in [1.82, 2.24) is 9.78 Å². The number of rotatable bonds is 1. The highest BCUT2D eigenvalue weighted by molar-refractivity contribution is 6.30. The first-order valence-corrected chi connectivity index (χ1v) is 5.38. The van der Waals surface area contributed by atoms with Crippen molar-refractivity contribution in [2.45, 2.75) is 53.0 Å². The van der Waals surface area contributed by atoms with Crippen LogP contribution < -0.4 is 0 Å². The van der Waals surface area contributed by atoms with E-state index in [4.69, 9.17) is 11.6 Å². The molecule has 0 aliphatic carbocycles. The van der Waals surface area contributed by atoms with Gasteiger partial charge in [-0.25, -0.2) is 0 Å². The van der Waals surface area contributed by atoms with Gasteiger partial charge < -0.3 is 0 Å². The third kappa shape index (κ3) is 1.95. The Morgan fingerprint density at radius 3 is 2.07 bits per heavy atom. The molecule has 3 heteroatoms. The minimum atomic E-state index is -0.00248. The van der Waals surface area contributed by atoms with Gasteiger partial charge in [-0.05, 0) is 33.6 Å². The molecule has 1 heterocycles. The van der Waals surface area contributed by atoms with Gasteiger partial charge in [-0.1, -0.05) is 25.4 Å². The quantitative estimate of drug-likeness (QED) is 0.697. The van der Waals surface area contributed by atoms with Crippen molar-refractivity contribution in [3.05, 3.63) is 16.4 Å². The van der Waals surface area contributed by atoms with Crippen LogP contribution in [0.1, 0.15) is 51.8 Å². The van der Waals surface area contributed by atoms with Gasteiger partial charge in [-0.15, -0.1) is 0 Å². The Bertz CT molecular complexity index is 332. The van der Waals surface area contributed by atoms with Crippen LogP contribution >= 0.6 is 11.6 Å². The van der Waals surface area contributed by atoms with E-state index in [9.17, 15) is 0 Å². The Labute approximate surface area is 91.3 Å². The van der Waals surface area contributed by atoms with Crippen molar-refractivity contribution in [3.63, 3.8) is 0 Å². The second-order valence-corrected chi connectivity index (χ2v) is 5.40. The van der Waals surface area contributed by atoms with Gasteiger partial charge in [0.2, 0.25) is 0 Å². The molecule has 0 saturated heterocycles. The Morgan fingerprint density at radius 1 is 1.29 bits per heavy atom. The van der Waals surface area contributed by atoms with E-state index in [0.29, 0.717) is 11.1 Å². The fourth-order valence-corrected chi connectivity index (χ4v) is 1.84. The monoisotopic (exact) mass is 214 g/mol. The van der Waals surface area contributed by atoms with Gasteiger partial charge in [0.1, 0.15) is 0 Å². The van der Waals surface area contributed by atoms with Gasteiger partial charge in [-0.2, -0.15) is 5.10 Å². The minimum Gasteiger partial charge on any atom is -0.262 e. The van der Waals surface area contributed by atoms with Crippen LogP contribution in [0.25, 0.3) is 0 Å². The first-order valence-electron chi connectivity index (χ1n) is 5.00. The number of hydrogen-bond donors (Lipinski definition) is 0. The van der Waals surface area contributed by atoms with E-state index in [1.54, 1.807) is 0 Å². The summed E-state index contributed by atoms with van der Waals surface area (Å²) in [5.41, 5.74) is 2.34. The Balaban J connectivity index is 3.37. The Kier molecular flexibility index (Phi) is 2.96. The molecule has 0 spiro atoms. The first-order chi connectivity index (χ1) is 6.25. The van der Waals surface area contributed by atoms with Crippen LogP contribution in [-0.4, -0.2) is 9.78 Å². The van der Waals surface area contributed by atoms with Crippen molar-refractivity contribution in [2.75, 3.05) is 0 Å². The summed E-state index contributed by atoms with van der Waals surface area (Å²) in [5, 5.41) is 5.01. The molecule has 0 radical (unpaired) electrons. The predicted molar refractivity (Wildman–Crippen MR) is 61.1 cm³/mol. The van der Waals surface area contributed by atoms with Gasteiger partial charge in [0.25, 0.3) is 0 Å². The Morgan fingerprint density at radius 2 is 1.79 bits per heavy atom. The van der Waals surface area contributed by atoms with Gasteiger partial charge >= 0.3 is 0 Å². The molecule has 0 saturated carbocycles. The highest BCUT2D eigenvalue weighted by Crippen LogP contribution is 2.29. The standard InChI is InChI=1S/C11H19ClN2/c1-7(2)9-8(3)10(12)13-14(9)11(4,5)6/h7H,1-6H3. The molecular weight excluding hydrogens is 196 g/mol. The van der Waals surface area contributed by atoms with Crippen molar-refractivity contribution in [3.8, 4) is 0 Å². The molecule has 1 rings (SSSR count). The third-order valence-corrected chi connectivity index (χ3v) is 2.65. The molecular formula is C11H19ClN2. The lowest BCUT2D eigenvalue weighted by molar-refractivity contribution is 0.338. The summed E-state index contributed by atoms with van der Waals surface area (Å²) in [6.45, 7) is 12.8. The number of halogens is 1. The highest BCUT2D eigenvalue weighted by Gasteiger charge is 2.23. The summed E-state index contributed by atoms with van der Waals surface area (Å²) < 4.78 is 2.04. The van der Waals surface area contributed by atoms with Gasteiger partial charge in [0, 0.05) is 11.3 Å². The van der Waals surface area contributed by atoms with Crippen LogP contribution in [0, 0.1) is 6.92 Å². The fraction of sp³-hybridized carbons (Fsp3) is 0.727. The molecule has 0 aliphatic heterocycles. The van der Waals surface area contributed by atoms with Crippen molar-refractivity contribution in [2.24, 2.45) is 0 Å². The lowest BCUT2D eigenvalue weighted by atomic mass is 10.0. The summed E-state index contributed by atoms with van der Waals surface area (Å²) in [4.78, 5) is 0. The molecule has 0 aromatic carbocycles. The molecule has 0 fully saturated rings. The molecule has 0 atom stereocenters. The van der Waals surface area contributed by atoms with E-state index in [0.717, 1.165) is 5.56 Å². The lowest BCUT2D eigenvalue weighted by Gasteiger charge is -2.24. The Hall–Kier alpha value is -0.500. The minimum absolute atomic E-state index is 0.00248. The van der Waals surface area contributed by atoms with E-state index >= 15 is 0 Å².